The molecule has 4 N–H and O–H groups in total. The molecule has 3 atom stereocenters. The first-order valence-corrected chi connectivity index (χ1v) is 16.0. The van der Waals surface area contributed by atoms with Crippen molar-refractivity contribution in [3.8, 4) is 17.2 Å². The topological polar surface area (TPSA) is 147 Å². The van der Waals surface area contributed by atoms with E-state index in [0.717, 1.165) is 11.4 Å². The number of ether oxygens (including phenoxy) is 2. The quantitative estimate of drug-likeness (QED) is 0.171. The minimum absolute atomic E-state index is 0.282. The van der Waals surface area contributed by atoms with E-state index in [1.165, 1.54) is 13.4 Å². The summed E-state index contributed by atoms with van der Waals surface area (Å²) in [6.45, 7) is 7.82. The van der Waals surface area contributed by atoms with Crippen molar-refractivity contribution in [2.45, 2.75) is 58.7 Å². The van der Waals surface area contributed by atoms with Crippen LogP contribution in [-0.2, 0) is 14.4 Å². The number of likely N-dealkylation sites (N-methyl/N-ethyl adjacent to an activating group) is 1. The first-order chi connectivity index (χ1) is 23.0. The van der Waals surface area contributed by atoms with Crippen LogP contribution in [0.2, 0.25) is 0 Å². The Morgan fingerprint density at radius 1 is 0.979 bits per heavy atom. The van der Waals surface area contributed by atoms with Crippen molar-refractivity contribution in [1.82, 2.24) is 25.5 Å². The molecule has 48 heavy (non-hydrogen) atoms. The van der Waals surface area contributed by atoms with Gasteiger partial charge in [0, 0.05) is 23.7 Å². The molecule has 0 unspecified atom stereocenters. The Kier molecular flexibility index (Phi) is 10.4. The minimum atomic E-state index is -0.811. The highest BCUT2D eigenvalue weighted by Gasteiger charge is 2.42. The summed E-state index contributed by atoms with van der Waals surface area (Å²) >= 11 is 0. The molecule has 3 amide bonds. The van der Waals surface area contributed by atoms with Gasteiger partial charge in [-0.15, -0.1) is 0 Å². The number of nitrogens with zero attached hydrogens (tertiary/aromatic N) is 3. The van der Waals surface area contributed by atoms with Crippen LogP contribution < -0.4 is 30.7 Å². The lowest BCUT2D eigenvalue weighted by atomic mass is 9.85. The van der Waals surface area contributed by atoms with Crippen molar-refractivity contribution in [2.75, 3.05) is 31.3 Å². The Labute approximate surface area is 280 Å². The number of carbonyl (C=O) groups excluding carboxylic acids is 3. The number of likely N-dealkylation sites (tertiary alicyclic amines) is 1. The smallest absolute Gasteiger partial charge is 0.247 e. The summed E-state index contributed by atoms with van der Waals surface area (Å²) in [7, 11) is 3.20. The van der Waals surface area contributed by atoms with E-state index < -0.39 is 23.5 Å². The summed E-state index contributed by atoms with van der Waals surface area (Å²) < 4.78 is 11.5. The molecular weight excluding hydrogens is 610 g/mol. The highest BCUT2D eigenvalue weighted by molar-refractivity contribution is 6.03. The molecule has 1 aliphatic heterocycles. The number of benzene rings is 3. The van der Waals surface area contributed by atoms with Crippen LogP contribution in [0.25, 0.3) is 10.9 Å². The second-order valence-electron chi connectivity index (χ2n) is 12.9. The maximum atomic E-state index is 13.9. The number of aromatic nitrogens is 2. The second-order valence-corrected chi connectivity index (χ2v) is 12.9. The number of anilines is 3. The van der Waals surface area contributed by atoms with E-state index in [1.807, 2.05) is 75.4 Å². The van der Waals surface area contributed by atoms with Crippen molar-refractivity contribution in [3.63, 3.8) is 0 Å². The van der Waals surface area contributed by atoms with Crippen LogP contribution in [0, 0.1) is 5.41 Å². The van der Waals surface area contributed by atoms with E-state index >= 15 is 0 Å². The predicted octanol–water partition coefficient (Wildman–Crippen LogP) is 5.24. The molecule has 0 saturated carbocycles. The van der Waals surface area contributed by atoms with E-state index in [0.29, 0.717) is 53.3 Å². The van der Waals surface area contributed by atoms with Crippen molar-refractivity contribution in [2.24, 2.45) is 5.41 Å². The lowest BCUT2D eigenvalue weighted by Gasteiger charge is -2.36. The monoisotopic (exact) mass is 653 g/mol. The Hall–Kier alpha value is -5.23. The zero-order valence-corrected chi connectivity index (χ0v) is 28.2. The summed E-state index contributed by atoms with van der Waals surface area (Å²) in [6.07, 6.45) is 2.61. The predicted molar refractivity (Wildman–Crippen MR) is 186 cm³/mol. The molecule has 1 aliphatic rings. The number of hydrogen-bond acceptors (Lipinski definition) is 9. The van der Waals surface area contributed by atoms with Gasteiger partial charge in [-0.05, 0) is 74.7 Å². The van der Waals surface area contributed by atoms with Crippen LogP contribution >= 0.6 is 0 Å². The van der Waals surface area contributed by atoms with Crippen LogP contribution in [0.1, 0.15) is 40.5 Å². The highest BCUT2D eigenvalue weighted by Crippen LogP contribution is 2.35. The molecule has 1 aromatic heterocycles. The number of nitrogens with one attached hydrogen (secondary N) is 4. The van der Waals surface area contributed by atoms with Gasteiger partial charge in [0.15, 0.2) is 0 Å². The number of rotatable bonds is 11. The van der Waals surface area contributed by atoms with Crippen LogP contribution in [0.3, 0.4) is 0 Å². The molecule has 0 spiro atoms. The summed E-state index contributed by atoms with van der Waals surface area (Å²) in [5, 5.41) is 12.8. The Morgan fingerprint density at radius 3 is 2.35 bits per heavy atom. The van der Waals surface area contributed by atoms with Gasteiger partial charge < -0.3 is 35.6 Å². The van der Waals surface area contributed by atoms with Gasteiger partial charge >= 0.3 is 0 Å². The summed E-state index contributed by atoms with van der Waals surface area (Å²) in [5.41, 5.74) is 1.23. The first-order valence-electron chi connectivity index (χ1n) is 16.0. The zero-order chi connectivity index (χ0) is 34.4. The van der Waals surface area contributed by atoms with Gasteiger partial charge in [-0.2, -0.15) is 0 Å². The van der Waals surface area contributed by atoms with Gasteiger partial charge in [-0.25, -0.2) is 9.97 Å². The number of para-hydroxylation sites is 1. The fourth-order valence-corrected chi connectivity index (χ4v) is 5.55. The number of carbonyl (C=O) groups is 3. The van der Waals surface area contributed by atoms with Gasteiger partial charge in [-0.3, -0.25) is 14.4 Å². The molecule has 0 aliphatic carbocycles. The lowest BCUT2D eigenvalue weighted by molar-refractivity contribution is -0.143. The molecule has 12 heteroatoms. The number of fused-ring (bicyclic) bond motifs is 1. The molecule has 252 valence electrons. The first kappa shape index (κ1) is 34.1. The molecular formula is C36H43N7O5. The summed E-state index contributed by atoms with van der Waals surface area (Å²) in [6, 6.07) is 18.5. The van der Waals surface area contributed by atoms with Crippen molar-refractivity contribution in [1.29, 1.82) is 0 Å². The Balaban J connectivity index is 1.35. The maximum absolute atomic E-state index is 13.9. The fourth-order valence-electron chi connectivity index (χ4n) is 5.55. The van der Waals surface area contributed by atoms with E-state index in [9.17, 15) is 14.4 Å². The van der Waals surface area contributed by atoms with Gasteiger partial charge in [0.25, 0.3) is 0 Å². The standard InChI is InChI=1S/C36H43N7O5/c1-22(37-5)33(44)42-31(36(2,3)4)35(46)43-18-10-13-29(43)34(45)41-28-19-26-27(20-30(28)47-6)38-21-39-32(26)40-23-14-16-25(17-15-23)48-24-11-8-7-9-12-24/h7-9,11-12,14-17,19-22,29,31,37H,10,13,18H2,1-6H3,(H,41,45)(H,42,44)(H,38,39,40)/t22-,29-,31+/m0/s1. The van der Waals surface area contributed by atoms with Gasteiger partial charge in [0.1, 0.15) is 41.5 Å². The van der Waals surface area contributed by atoms with E-state index in [-0.39, 0.29) is 17.7 Å². The second kappa shape index (κ2) is 14.7. The van der Waals surface area contributed by atoms with E-state index in [2.05, 4.69) is 31.2 Å². The fraction of sp³-hybridized carbons (Fsp3) is 0.361. The number of amides is 3. The third-order valence-electron chi connectivity index (χ3n) is 8.37. The van der Waals surface area contributed by atoms with Crippen molar-refractivity contribution >= 4 is 45.8 Å². The largest absolute Gasteiger partial charge is 0.494 e. The Bertz CT molecular complexity index is 1760. The Morgan fingerprint density at radius 2 is 1.69 bits per heavy atom. The van der Waals surface area contributed by atoms with Gasteiger partial charge in [0.2, 0.25) is 17.7 Å². The van der Waals surface area contributed by atoms with Crippen LogP contribution in [0.5, 0.6) is 17.2 Å². The van der Waals surface area contributed by atoms with Crippen LogP contribution in [0.4, 0.5) is 17.2 Å². The van der Waals surface area contributed by atoms with E-state index in [1.54, 1.807) is 31.0 Å². The van der Waals surface area contributed by atoms with Crippen molar-refractivity contribution < 1.29 is 23.9 Å². The molecule has 1 saturated heterocycles. The SMILES string of the molecule is CN[C@@H](C)C(=O)N[C@H](C(=O)N1CCC[C@H]1C(=O)Nc1cc2c(Nc3ccc(Oc4ccccc4)cc3)ncnc2cc1OC)C(C)(C)C. The molecule has 3 aromatic carbocycles. The molecule has 12 nitrogen and oxygen atoms in total. The maximum Gasteiger partial charge on any atom is 0.247 e. The average Bonchev–Trinajstić information content (AvgIpc) is 3.58. The minimum Gasteiger partial charge on any atom is -0.494 e. The zero-order valence-electron chi connectivity index (χ0n) is 28.2. The highest BCUT2D eigenvalue weighted by atomic mass is 16.5. The normalized spacial score (nSPS) is 15.8. The molecule has 5 rings (SSSR count). The molecule has 1 fully saturated rings. The summed E-state index contributed by atoms with van der Waals surface area (Å²) in [4.78, 5) is 50.9. The molecule has 0 radical (unpaired) electrons. The average molecular weight is 654 g/mol. The molecule has 0 bridgehead atoms. The van der Waals surface area contributed by atoms with Crippen LogP contribution in [-0.4, -0.2) is 71.4 Å². The summed E-state index contributed by atoms with van der Waals surface area (Å²) in [5.74, 6) is 1.47. The number of hydrogen-bond donors (Lipinski definition) is 4. The van der Waals surface area contributed by atoms with Crippen LogP contribution in [0.15, 0.2) is 73.1 Å². The third-order valence-corrected chi connectivity index (χ3v) is 8.37. The van der Waals surface area contributed by atoms with E-state index in [4.69, 9.17) is 9.47 Å². The van der Waals surface area contributed by atoms with Crippen molar-refractivity contribution in [3.05, 3.63) is 73.1 Å². The molecule has 4 aromatic rings. The molecule has 2 heterocycles. The third kappa shape index (κ3) is 7.83. The van der Waals surface area contributed by atoms with Gasteiger partial charge in [-0.1, -0.05) is 39.0 Å². The van der Waals surface area contributed by atoms with Gasteiger partial charge in [0.05, 0.1) is 24.4 Å². The lowest BCUT2D eigenvalue weighted by Crippen LogP contribution is -2.59. The number of methoxy groups -OCH3 is 1.